The van der Waals surface area contributed by atoms with Crippen molar-refractivity contribution in [3.8, 4) is 0 Å². The Morgan fingerprint density at radius 1 is 0.944 bits per heavy atom. The molecule has 0 aliphatic rings. The summed E-state index contributed by atoms with van der Waals surface area (Å²) in [5, 5.41) is 0.773. The van der Waals surface area contributed by atoms with Crippen molar-refractivity contribution < 1.29 is 4.57 Å². The molecule has 0 aliphatic carbocycles. The van der Waals surface area contributed by atoms with Gasteiger partial charge >= 0.3 is 0 Å². The van der Waals surface area contributed by atoms with Gasteiger partial charge in [-0.2, -0.15) is 0 Å². The highest BCUT2D eigenvalue weighted by Crippen LogP contribution is 2.22. The number of halogens is 1. The Labute approximate surface area is 114 Å². The summed E-state index contributed by atoms with van der Waals surface area (Å²) < 4.78 is 2.12. The molecule has 1 aromatic carbocycles. The first-order valence-electron chi connectivity index (χ1n) is 6.19. The predicted octanol–water partition coefficient (Wildman–Crippen LogP) is 3.97. The Bertz CT molecular complexity index is 506. The summed E-state index contributed by atoms with van der Waals surface area (Å²) in [6, 6.07) is 12.6. The molecule has 18 heavy (non-hydrogen) atoms. The summed E-state index contributed by atoms with van der Waals surface area (Å²) in [5.74, 6) is 0. The number of aromatic nitrogens is 1. The summed E-state index contributed by atoms with van der Waals surface area (Å²) in [4.78, 5) is 0. The molecule has 0 radical (unpaired) electrons. The van der Waals surface area contributed by atoms with Crippen LogP contribution in [-0.2, 0) is 12.0 Å². The molecular weight excluding hydrogens is 242 g/mol. The maximum Gasteiger partial charge on any atom is 0.173 e. The molecule has 2 aromatic rings. The van der Waals surface area contributed by atoms with Crippen molar-refractivity contribution in [3.63, 3.8) is 0 Å². The van der Waals surface area contributed by atoms with Crippen LogP contribution in [0.25, 0.3) is 0 Å². The molecule has 94 valence electrons. The summed E-state index contributed by atoms with van der Waals surface area (Å²) in [7, 11) is 0. The van der Waals surface area contributed by atoms with Crippen LogP contribution in [0.4, 0.5) is 0 Å². The van der Waals surface area contributed by atoms with Gasteiger partial charge in [0.15, 0.2) is 18.9 Å². The fourth-order valence-electron chi connectivity index (χ4n) is 1.87. The van der Waals surface area contributed by atoms with Crippen molar-refractivity contribution in [2.24, 2.45) is 0 Å². The van der Waals surface area contributed by atoms with Gasteiger partial charge in [-0.1, -0.05) is 56.6 Å². The van der Waals surface area contributed by atoms with Crippen molar-refractivity contribution in [3.05, 3.63) is 64.9 Å². The number of hydrogen-bond acceptors (Lipinski definition) is 0. The second-order valence-corrected chi connectivity index (χ2v) is 6.07. The lowest BCUT2D eigenvalue weighted by molar-refractivity contribution is -0.688. The normalized spacial score (nSPS) is 11.6. The molecule has 0 saturated heterocycles. The topological polar surface area (TPSA) is 3.88 Å². The van der Waals surface area contributed by atoms with E-state index in [-0.39, 0.29) is 5.41 Å². The zero-order valence-corrected chi connectivity index (χ0v) is 11.9. The molecule has 2 heteroatoms. The highest BCUT2D eigenvalue weighted by Gasteiger charge is 2.13. The first-order chi connectivity index (χ1) is 8.45. The van der Waals surface area contributed by atoms with Gasteiger partial charge in [0.1, 0.15) is 0 Å². The second kappa shape index (κ2) is 5.11. The summed E-state index contributed by atoms with van der Waals surface area (Å²) in [6.45, 7) is 7.57. The van der Waals surface area contributed by atoms with Crippen molar-refractivity contribution in [2.45, 2.75) is 32.7 Å². The summed E-state index contributed by atoms with van der Waals surface area (Å²) in [5.41, 5.74) is 2.88. The summed E-state index contributed by atoms with van der Waals surface area (Å²) >= 11 is 5.87. The van der Waals surface area contributed by atoms with Crippen molar-refractivity contribution in [1.29, 1.82) is 0 Å². The maximum absolute atomic E-state index is 5.87. The van der Waals surface area contributed by atoms with E-state index in [1.807, 2.05) is 24.5 Å². The van der Waals surface area contributed by atoms with Crippen LogP contribution in [0.2, 0.25) is 5.02 Å². The van der Waals surface area contributed by atoms with Crippen LogP contribution in [0, 0.1) is 0 Å². The number of rotatable bonds is 2. The SMILES string of the molecule is CC(C)(C)c1ccc(C[n+]2ccc(Cl)cc2)cc1. The first kappa shape index (κ1) is 13.1. The van der Waals surface area contributed by atoms with Crippen LogP contribution in [-0.4, -0.2) is 0 Å². The van der Waals surface area contributed by atoms with Crippen molar-refractivity contribution >= 4 is 11.6 Å². The van der Waals surface area contributed by atoms with Gasteiger partial charge in [0.2, 0.25) is 0 Å². The minimum absolute atomic E-state index is 0.214. The Kier molecular flexibility index (Phi) is 3.72. The van der Waals surface area contributed by atoms with Gasteiger partial charge in [-0.15, -0.1) is 0 Å². The predicted molar refractivity (Wildman–Crippen MR) is 75.9 cm³/mol. The smallest absolute Gasteiger partial charge is 0.173 e. The molecule has 1 nitrogen and oxygen atoms in total. The molecule has 0 saturated carbocycles. The molecule has 0 aliphatic heterocycles. The van der Waals surface area contributed by atoms with Gasteiger partial charge in [-0.3, -0.25) is 0 Å². The third-order valence-electron chi connectivity index (χ3n) is 3.04. The van der Waals surface area contributed by atoms with Gasteiger partial charge in [0.25, 0.3) is 0 Å². The fourth-order valence-corrected chi connectivity index (χ4v) is 1.98. The molecule has 0 bridgehead atoms. The quantitative estimate of drug-likeness (QED) is 0.720. The van der Waals surface area contributed by atoms with Crippen molar-refractivity contribution in [1.82, 2.24) is 0 Å². The first-order valence-corrected chi connectivity index (χ1v) is 6.57. The van der Waals surface area contributed by atoms with Gasteiger partial charge in [0, 0.05) is 17.7 Å². The van der Waals surface area contributed by atoms with Gasteiger partial charge in [-0.25, -0.2) is 4.57 Å². The number of pyridine rings is 1. The van der Waals surface area contributed by atoms with E-state index >= 15 is 0 Å². The van der Waals surface area contributed by atoms with Crippen LogP contribution in [0.15, 0.2) is 48.8 Å². The van der Waals surface area contributed by atoms with E-state index in [1.54, 1.807) is 0 Å². The number of benzene rings is 1. The van der Waals surface area contributed by atoms with E-state index in [1.165, 1.54) is 11.1 Å². The van der Waals surface area contributed by atoms with Crippen molar-refractivity contribution in [2.75, 3.05) is 0 Å². The van der Waals surface area contributed by atoms with Crippen LogP contribution in [0.5, 0.6) is 0 Å². The van der Waals surface area contributed by atoms with E-state index in [0.717, 1.165) is 11.6 Å². The minimum Gasteiger partial charge on any atom is -0.201 e. The third kappa shape index (κ3) is 3.33. The molecular formula is C16H19ClN+. The fraction of sp³-hybridized carbons (Fsp3) is 0.312. The Hall–Kier alpha value is -1.34. The molecule has 0 fully saturated rings. The molecule has 2 rings (SSSR count). The van der Waals surface area contributed by atoms with E-state index in [9.17, 15) is 0 Å². The Morgan fingerprint density at radius 3 is 2.00 bits per heavy atom. The second-order valence-electron chi connectivity index (χ2n) is 5.64. The van der Waals surface area contributed by atoms with Gasteiger partial charge < -0.3 is 0 Å². The Morgan fingerprint density at radius 2 is 1.50 bits per heavy atom. The molecule has 0 amide bonds. The zero-order chi connectivity index (χ0) is 13.2. The van der Waals surface area contributed by atoms with E-state index in [2.05, 4.69) is 49.6 Å². The highest BCUT2D eigenvalue weighted by molar-refractivity contribution is 6.30. The van der Waals surface area contributed by atoms with E-state index in [4.69, 9.17) is 11.6 Å². The Balaban J connectivity index is 2.13. The van der Waals surface area contributed by atoms with Crippen LogP contribution >= 0.6 is 11.6 Å². The van der Waals surface area contributed by atoms with Crippen LogP contribution in [0.3, 0.4) is 0 Å². The number of hydrogen-bond donors (Lipinski definition) is 0. The monoisotopic (exact) mass is 260 g/mol. The average molecular weight is 261 g/mol. The minimum atomic E-state index is 0.214. The van der Waals surface area contributed by atoms with Crippen LogP contribution in [0.1, 0.15) is 31.9 Å². The third-order valence-corrected chi connectivity index (χ3v) is 3.29. The van der Waals surface area contributed by atoms with E-state index < -0.39 is 0 Å². The zero-order valence-electron chi connectivity index (χ0n) is 11.2. The lowest BCUT2D eigenvalue weighted by Gasteiger charge is -2.18. The molecule has 0 spiro atoms. The lowest BCUT2D eigenvalue weighted by atomic mass is 9.87. The molecule has 1 heterocycles. The molecule has 0 unspecified atom stereocenters. The molecule has 1 aromatic heterocycles. The van der Waals surface area contributed by atoms with E-state index in [0.29, 0.717) is 0 Å². The summed E-state index contributed by atoms with van der Waals surface area (Å²) in [6.07, 6.45) is 4.00. The highest BCUT2D eigenvalue weighted by atomic mass is 35.5. The molecule has 0 N–H and O–H groups in total. The lowest BCUT2D eigenvalue weighted by Crippen LogP contribution is -2.32. The van der Waals surface area contributed by atoms with Gasteiger partial charge in [0.05, 0.1) is 5.02 Å². The van der Waals surface area contributed by atoms with Gasteiger partial charge in [-0.05, 0) is 11.0 Å². The van der Waals surface area contributed by atoms with Crippen LogP contribution < -0.4 is 4.57 Å². The molecule has 0 atom stereocenters. The average Bonchev–Trinajstić information content (AvgIpc) is 2.32. The number of nitrogens with zero attached hydrogens (tertiary/aromatic N) is 1. The standard InChI is InChI=1S/C16H19ClN/c1-16(2,3)14-6-4-13(5-7-14)12-18-10-8-15(17)9-11-18/h4-11H,12H2,1-3H3/q+1. The largest absolute Gasteiger partial charge is 0.201 e. The maximum atomic E-state index is 5.87.